The Hall–Kier alpha value is -4.12. The minimum Gasteiger partial charge on any atom is -0.467 e. The van der Waals surface area contributed by atoms with E-state index in [-0.39, 0.29) is 22.3 Å². The number of carbonyl (C=O) groups excluding carboxylic acids is 2. The van der Waals surface area contributed by atoms with Gasteiger partial charge in [-0.15, -0.1) is 10.2 Å². The molecule has 0 saturated carbocycles. The molecule has 0 saturated heterocycles. The lowest BCUT2D eigenvalue weighted by Crippen LogP contribution is -2.50. The highest BCUT2D eigenvalue weighted by molar-refractivity contribution is 6.31. The quantitative estimate of drug-likeness (QED) is 0.377. The number of rotatable bonds is 7. The predicted molar refractivity (Wildman–Crippen MR) is 131 cm³/mol. The lowest BCUT2D eigenvalue weighted by molar-refractivity contribution is -0.128. The Balaban J connectivity index is 1.72. The maximum atomic E-state index is 14.0. The largest absolute Gasteiger partial charge is 0.467 e. The minimum absolute atomic E-state index is 0.153. The average molecular weight is 529 g/mol. The van der Waals surface area contributed by atoms with E-state index in [2.05, 4.69) is 20.7 Å². The van der Waals surface area contributed by atoms with Crippen molar-refractivity contribution in [3.63, 3.8) is 0 Å². The second-order valence-electron chi connectivity index (χ2n) is 9.17. The molecule has 4 aromatic rings. The summed E-state index contributed by atoms with van der Waals surface area (Å²) in [4.78, 5) is 29.3. The first-order chi connectivity index (χ1) is 17.5. The van der Waals surface area contributed by atoms with E-state index in [9.17, 15) is 18.4 Å². The van der Waals surface area contributed by atoms with Gasteiger partial charge in [-0.3, -0.25) is 14.5 Å². The summed E-state index contributed by atoms with van der Waals surface area (Å²) in [6.07, 6.45) is 1.38. The molecule has 0 aliphatic rings. The molecule has 4 rings (SSSR count). The molecule has 192 valence electrons. The standard InChI is InChI=1S/C25H23ClF2N6O3/c1-25(2,3)29-24(36)22(20-5-4-12-37-20)34(17-10-11-19(28)18(26)13-17)21(35)14-33-31-23(30-32-33)15-6-8-16(27)9-7-15/h4-13,22H,14H2,1-3H3,(H,29,36). The van der Waals surface area contributed by atoms with Crippen LogP contribution in [0.3, 0.4) is 0 Å². The number of nitrogens with one attached hydrogen (secondary N) is 1. The van der Waals surface area contributed by atoms with Crippen LogP contribution in [0.15, 0.2) is 65.3 Å². The van der Waals surface area contributed by atoms with Crippen LogP contribution in [0.1, 0.15) is 32.6 Å². The zero-order valence-electron chi connectivity index (χ0n) is 20.2. The molecule has 12 heteroatoms. The van der Waals surface area contributed by atoms with Gasteiger partial charge in [0.05, 0.1) is 11.3 Å². The third-order valence-electron chi connectivity index (χ3n) is 5.10. The van der Waals surface area contributed by atoms with Crippen molar-refractivity contribution in [1.29, 1.82) is 0 Å². The summed E-state index contributed by atoms with van der Waals surface area (Å²) in [5.74, 6) is -1.91. The molecule has 9 nitrogen and oxygen atoms in total. The van der Waals surface area contributed by atoms with Crippen molar-refractivity contribution in [2.45, 2.75) is 38.9 Å². The van der Waals surface area contributed by atoms with Crippen molar-refractivity contribution in [2.75, 3.05) is 4.90 Å². The van der Waals surface area contributed by atoms with Crippen molar-refractivity contribution in [3.8, 4) is 11.4 Å². The fraction of sp³-hybridized carbons (Fsp3) is 0.240. The maximum absolute atomic E-state index is 14.0. The fourth-order valence-electron chi connectivity index (χ4n) is 3.55. The summed E-state index contributed by atoms with van der Waals surface area (Å²) in [5, 5.41) is 14.7. The number of amides is 2. The fourth-order valence-corrected chi connectivity index (χ4v) is 3.73. The van der Waals surface area contributed by atoms with Crippen molar-refractivity contribution >= 4 is 29.1 Å². The highest BCUT2D eigenvalue weighted by atomic mass is 35.5. The Morgan fingerprint density at radius 3 is 2.49 bits per heavy atom. The molecule has 2 aromatic heterocycles. The molecule has 2 aromatic carbocycles. The predicted octanol–water partition coefficient (Wildman–Crippen LogP) is 4.55. The molecule has 0 radical (unpaired) electrons. The second kappa shape index (κ2) is 10.5. The van der Waals surface area contributed by atoms with Crippen LogP contribution in [0.2, 0.25) is 5.02 Å². The van der Waals surface area contributed by atoms with Crippen molar-refractivity contribution in [2.24, 2.45) is 0 Å². The van der Waals surface area contributed by atoms with E-state index in [1.165, 1.54) is 42.7 Å². The highest BCUT2D eigenvalue weighted by Crippen LogP contribution is 2.32. The molecular formula is C25H23ClF2N6O3. The lowest BCUT2D eigenvalue weighted by atomic mass is 10.1. The van der Waals surface area contributed by atoms with Gasteiger partial charge in [0, 0.05) is 16.8 Å². The van der Waals surface area contributed by atoms with Crippen LogP contribution in [0.25, 0.3) is 11.4 Å². The number of halogens is 3. The summed E-state index contributed by atoms with van der Waals surface area (Å²) in [6.45, 7) is 4.95. The van der Waals surface area contributed by atoms with Gasteiger partial charge in [0.2, 0.25) is 5.82 Å². The summed E-state index contributed by atoms with van der Waals surface area (Å²) in [5.41, 5.74) is 0.0234. The van der Waals surface area contributed by atoms with Gasteiger partial charge in [0.1, 0.15) is 23.9 Å². The van der Waals surface area contributed by atoms with Gasteiger partial charge in [-0.1, -0.05) is 11.6 Å². The van der Waals surface area contributed by atoms with E-state index >= 15 is 0 Å². The van der Waals surface area contributed by atoms with Gasteiger partial charge < -0.3 is 9.73 Å². The molecule has 0 aliphatic carbocycles. The van der Waals surface area contributed by atoms with Crippen molar-refractivity contribution in [3.05, 3.63) is 83.3 Å². The van der Waals surface area contributed by atoms with Gasteiger partial charge in [0.25, 0.3) is 11.8 Å². The molecule has 2 amide bonds. The number of hydrogen-bond acceptors (Lipinski definition) is 6. The number of nitrogens with zero attached hydrogens (tertiary/aromatic N) is 5. The Kier molecular flexibility index (Phi) is 7.35. The van der Waals surface area contributed by atoms with Gasteiger partial charge in [-0.2, -0.15) is 4.80 Å². The molecule has 0 bridgehead atoms. The average Bonchev–Trinajstić information content (AvgIpc) is 3.51. The number of anilines is 1. The summed E-state index contributed by atoms with van der Waals surface area (Å²) < 4.78 is 32.7. The smallest absolute Gasteiger partial charge is 0.251 e. The molecule has 1 unspecified atom stereocenters. The van der Waals surface area contributed by atoms with E-state index in [1.807, 2.05) is 0 Å². The third kappa shape index (κ3) is 6.18. The van der Waals surface area contributed by atoms with Gasteiger partial charge in [-0.05, 0) is 80.6 Å². The first kappa shape index (κ1) is 26.0. The van der Waals surface area contributed by atoms with Crippen molar-refractivity contribution in [1.82, 2.24) is 25.5 Å². The number of furan rings is 1. The van der Waals surface area contributed by atoms with Crippen LogP contribution in [-0.2, 0) is 16.1 Å². The van der Waals surface area contributed by atoms with E-state index in [0.717, 1.165) is 15.8 Å². The van der Waals surface area contributed by atoms with Crippen molar-refractivity contribution < 1.29 is 22.8 Å². The molecule has 0 aliphatic heterocycles. The number of tetrazole rings is 1. The molecule has 2 heterocycles. The molecule has 0 spiro atoms. The Morgan fingerprint density at radius 1 is 1.14 bits per heavy atom. The lowest BCUT2D eigenvalue weighted by Gasteiger charge is -2.32. The summed E-state index contributed by atoms with van der Waals surface area (Å²) in [6, 6.07) is 11.0. The van der Waals surface area contributed by atoms with Crippen LogP contribution in [0, 0.1) is 11.6 Å². The number of aromatic nitrogens is 4. The minimum atomic E-state index is -1.26. The van der Waals surface area contributed by atoms with Crippen LogP contribution in [0.5, 0.6) is 0 Å². The number of benzene rings is 2. The van der Waals surface area contributed by atoms with Crippen LogP contribution in [0.4, 0.5) is 14.5 Å². The van der Waals surface area contributed by atoms with E-state index in [4.69, 9.17) is 16.0 Å². The monoisotopic (exact) mass is 528 g/mol. The third-order valence-corrected chi connectivity index (χ3v) is 5.39. The highest BCUT2D eigenvalue weighted by Gasteiger charge is 2.37. The summed E-state index contributed by atoms with van der Waals surface area (Å²) >= 11 is 6.02. The maximum Gasteiger partial charge on any atom is 0.251 e. The Labute approximate surface area is 216 Å². The topological polar surface area (TPSA) is 106 Å². The zero-order chi connectivity index (χ0) is 26.7. The zero-order valence-corrected chi connectivity index (χ0v) is 20.9. The molecular weight excluding hydrogens is 506 g/mol. The Bertz CT molecular complexity index is 1400. The molecule has 1 atom stereocenters. The van der Waals surface area contributed by atoms with Crippen LogP contribution < -0.4 is 10.2 Å². The first-order valence-electron chi connectivity index (χ1n) is 11.2. The second-order valence-corrected chi connectivity index (χ2v) is 9.58. The molecule has 1 N–H and O–H groups in total. The van der Waals surface area contributed by atoms with E-state index in [1.54, 1.807) is 32.9 Å². The SMILES string of the molecule is CC(C)(C)NC(=O)C(c1ccco1)N(C(=O)Cn1nnc(-c2ccc(F)cc2)n1)c1ccc(F)c(Cl)c1. The van der Waals surface area contributed by atoms with Crippen LogP contribution >= 0.6 is 11.6 Å². The number of carbonyl (C=O) groups is 2. The molecule has 37 heavy (non-hydrogen) atoms. The number of hydrogen-bond donors (Lipinski definition) is 1. The van der Waals surface area contributed by atoms with Gasteiger partial charge in [0.15, 0.2) is 6.04 Å². The van der Waals surface area contributed by atoms with E-state index < -0.39 is 41.6 Å². The molecule has 0 fully saturated rings. The first-order valence-corrected chi connectivity index (χ1v) is 11.6. The summed E-state index contributed by atoms with van der Waals surface area (Å²) in [7, 11) is 0. The normalized spacial score (nSPS) is 12.3. The van der Waals surface area contributed by atoms with E-state index in [0.29, 0.717) is 5.56 Å². The van der Waals surface area contributed by atoms with Gasteiger partial charge in [-0.25, -0.2) is 8.78 Å². The van der Waals surface area contributed by atoms with Gasteiger partial charge >= 0.3 is 0 Å². The Morgan fingerprint density at radius 2 is 1.86 bits per heavy atom. The van der Waals surface area contributed by atoms with Crippen LogP contribution in [-0.4, -0.2) is 37.6 Å².